The normalized spacial score (nSPS) is 10.3. The van der Waals surface area contributed by atoms with Crippen LogP contribution in [0.5, 0.6) is 0 Å². The first kappa shape index (κ1) is 7.24. The van der Waals surface area contributed by atoms with Crippen LogP contribution in [0.4, 0.5) is 0 Å². The van der Waals surface area contributed by atoms with E-state index in [0.29, 0.717) is 5.56 Å². The molecule has 0 unspecified atom stereocenters. The molecule has 0 saturated heterocycles. The molecule has 0 amide bonds. The molecule has 1 aromatic carbocycles. The summed E-state index contributed by atoms with van der Waals surface area (Å²) in [5.74, 6) is 0. The summed E-state index contributed by atoms with van der Waals surface area (Å²) >= 11 is 1.14. The fourth-order valence-electron chi connectivity index (χ4n) is 1.04. The molecule has 0 radical (unpaired) electrons. The quantitative estimate of drug-likeness (QED) is 0.673. The second kappa shape index (κ2) is 2.57. The molecular weight excluding hydrogens is 174 g/mol. The Kier molecular flexibility index (Phi) is 1.55. The number of nitrogens with one attached hydrogen (secondary N) is 1. The zero-order chi connectivity index (χ0) is 8.55. The maximum atomic E-state index is 10.9. The van der Waals surface area contributed by atoms with Crippen LogP contribution < -0.4 is 4.87 Å². The maximum absolute atomic E-state index is 10.9. The Balaban J connectivity index is 2.82. The number of H-pyrrole nitrogens is 1. The number of aldehydes is 1. The molecule has 0 aliphatic carbocycles. The summed E-state index contributed by atoms with van der Waals surface area (Å²) in [4.78, 5) is 23.8. The second-order valence-corrected chi connectivity index (χ2v) is 3.40. The van der Waals surface area contributed by atoms with Gasteiger partial charge in [0.25, 0.3) is 0 Å². The fraction of sp³-hybridized carbons (Fsp3) is 0. The van der Waals surface area contributed by atoms with E-state index < -0.39 is 0 Å². The van der Waals surface area contributed by atoms with E-state index in [1.807, 2.05) is 0 Å². The van der Waals surface area contributed by atoms with Crippen LogP contribution in [-0.2, 0) is 0 Å². The van der Waals surface area contributed by atoms with Crippen LogP contribution in [0.15, 0.2) is 23.0 Å². The van der Waals surface area contributed by atoms with Crippen molar-refractivity contribution in [2.24, 2.45) is 0 Å². The summed E-state index contributed by atoms with van der Waals surface area (Å²) in [6.45, 7) is 0. The number of aromatic amines is 1. The predicted octanol–water partition coefficient (Wildman–Crippen LogP) is 1.40. The molecule has 0 saturated carbocycles. The summed E-state index contributed by atoms with van der Waals surface area (Å²) < 4.78 is 0.880. The van der Waals surface area contributed by atoms with Crippen LogP contribution in [0.3, 0.4) is 0 Å². The summed E-state index contributed by atoms with van der Waals surface area (Å²) in [5.41, 5.74) is 1.31. The van der Waals surface area contributed by atoms with Crippen molar-refractivity contribution in [3.8, 4) is 0 Å². The molecule has 0 aliphatic heterocycles. The van der Waals surface area contributed by atoms with Gasteiger partial charge >= 0.3 is 4.87 Å². The first-order valence-electron chi connectivity index (χ1n) is 3.37. The minimum Gasteiger partial charge on any atom is -0.312 e. The first-order valence-corrected chi connectivity index (χ1v) is 4.19. The SMILES string of the molecule is O=Cc1ccc2sc(=O)[nH]c2c1. The number of fused-ring (bicyclic) bond motifs is 1. The van der Waals surface area contributed by atoms with Gasteiger partial charge < -0.3 is 4.98 Å². The second-order valence-electron chi connectivity index (χ2n) is 2.39. The van der Waals surface area contributed by atoms with Crippen molar-refractivity contribution >= 4 is 27.8 Å². The molecule has 0 fully saturated rings. The number of carbonyl (C=O) groups is 1. The van der Waals surface area contributed by atoms with Gasteiger partial charge in [-0.25, -0.2) is 0 Å². The molecular formula is C8H5NO2S. The Hall–Kier alpha value is -1.42. The van der Waals surface area contributed by atoms with Crippen molar-refractivity contribution in [1.82, 2.24) is 4.98 Å². The highest BCUT2D eigenvalue weighted by molar-refractivity contribution is 7.16. The third-order valence-corrected chi connectivity index (χ3v) is 2.44. The topological polar surface area (TPSA) is 49.9 Å². The summed E-state index contributed by atoms with van der Waals surface area (Å²) in [6.07, 6.45) is 0.759. The fourth-order valence-corrected chi connectivity index (χ4v) is 1.76. The van der Waals surface area contributed by atoms with Crippen molar-refractivity contribution in [3.05, 3.63) is 33.4 Å². The van der Waals surface area contributed by atoms with Gasteiger partial charge in [-0.2, -0.15) is 0 Å². The minimum absolute atomic E-state index is 0.0898. The number of hydrogen-bond donors (Lipinski definition) is 1. The van der Waals surface area contributed by atoms with Gasteiger partial charge in [0.05, 0.1) is 10.2 Å². The molecule has 0 atom stereocenters. The lowest BCUT2D eigenvalue weighted by molar-refractivity contribution is 0.112. The third kappa shape index (κ3) is 1.06. The smallest absolute Gasteiger partial charge is 0.305 e. The maximum Gasteiger partial charge on any atom is 0.305 e. The zero-order valence-electron chi connectivity index (χ0n) is 6.03. The van der Waals surface area contributed by atoms with E-state index in [0.717, 1.165) is 27.8 Å². The third-order valence-electron chi connectivity index (χ3n) is 1.58. The largest absolute Gasteiger partial charge is 0.312 e. The van der Waals surface area contributed by atoms with Gasteiger partial charge in [0.15, 0.2) is 0 Å². The van der Waals surface area contributed by atoms with Crippen LogP contribution in [0, 0.1) is 0 Å². The molecule has 0 aliphatic rings. The number of benzene rings is 1. The van der Waals surface area contributed by atoms with Crippen LogP contribution in [-0.4, -0.2) is 11.3 Å². The Bertz CT molecular complexity index is 483. The molecule has 4 heteroatoms. The summed E-state index contributed by atoms with van der Waals surface area (Å²) in [5, 5.41) is 0. The number of aromatic nitrogens is 1. The Labute approximate surface area is 71.7 Å². The van der Waals surface area contributed by atoms with Crippen molar-refractivity contribution < 1.29 is 4.79 Å². The van der Waals surface area contributed by atoms with Gasteiger partial charge in [-0.05, 0) is 12.1 Å². The first-order chi connectivity index (χ1) is 5.79. The van der Waals surface area contributed by atoms with Crippen molar-refractivity contribution in [3.63, 3.8) is 0 Å². The average Bonchev–Trinajstić information content (AvgIpc) is 2.43. The molecule has 12 heavy (non-hydrogen) atoms. The number of carbonyl (C=O) groups excluding carboxylic acids is 1. The number of thiazole rings is 1. The van der Waals surface area contributed by atoms with E-state index in [9.17, 15) is 9.59 Å². The molecule has 0 spiro atoms. The molecule has 2 aromatic rings. The molecule has 1 N–H and O–H groups in total. The van der Waals surface area contributed by atoms with Gasteiger partial charge in [-0.1, -0.05) is 17.4 Å². The number of rotatable bonds is 1. The molecule has 0 bridgehead atoms. The van der Waals surface area contributed by atoms with Crippen LogP contribution in [0.2, 0.25) is 0 Å². The van der Waals surface area contributed by atoms with E-state index in [4.69, 9.17) is 0 Å². The number of hydrogen-bond acceptors (Lipinski definition) is 3. The highest BCUT2D eigenvalue weighted by atomic mass is 32.1. The van der Waals surface area contributed by atoms with Crippen molar-refractivity contribution in [1.29, 1.82) is 0 Å². The van der Waals surface area contributed by atoms with Crippen LogP contribution in [0.25, 0.3) is 10.2 Å². The molecule has 60 valence electrons. The van der Waals surface area contributed by atoms with Gasteiger partial charge in [0.2, 0.25) is 0 Å². The summed E-state index contributed by atoms with van der Waals surface area (Å²) in [6, 6.07) is 5.13. The molecule has 3 nitrogen and oxygen atoms in total. The Morgan fingerprint density at radius 2 is 2.25 bits per heavy atom. The van der Waals surface area contributed by atoms with Crippen molar-refractivity contribution in [2.45, 2.75) is 0 Å². The summed E-state index contributed by atoms with van der Waals surface area (Å²) in [7, 11) is 0. The van der Waals surface area contributed by atoms with Gasteiger partial charge in [-0.15, -0.1) is 0 Å². The minimum atomic E-state index is -0.0898. The van der Waals surface area contributed by atoms with Crippen LogP contribution in [0.1, 0.15) is 10.4 Å². The Morgan fingerprint density at radius 3 is 3.00 bits per heavy atom. The van der Waals surface area contributed by atoms with E-state index >= 15 is 0 Å². The zero-order valence-corrected chi connectivity index (χ0v) is 6.85. The van der Waals surface area contributed by atoms with Gasteiger partial charge in [-0.3, -0.25) is 9.59 Å². The van der Waals surface area contributed by atoms with Crippen molar-refractivity contribution in [2.75, 3.05) is 0 Å². The Morgan fingerprint density at radius 1 is 1.42 bits per heavy atom. The standard InChI is InChI=1S/C8H5NO2S/c10-4-5-1-2-7-6(3-5)9-8(11)12-7/h1-4H,(H,9,11). The lowest BCUT2D eigenvalue weighted by atomic mass is 10.2. The highest BCUT2D eigenvalue weighted by Gasteiger charge is 1.98. The van der Waals surface area contributed by atoms with Crippen LogP contribution >= 0.6 is 11.3 Å². The van der Waals surface area contributed by atoms with E-state index in [2.05, 4.69) is 4.98 Å². The lowest BCUT2D eigenvalue weighted by Crippen LogP contribution is -1.89. The predicted molar refractivity (Wildman–Crippen MR) is 47.8 cm³/mol. The molecule has 1 heterocycles. The van der Waals surface area contributed by atoms with Gasteiger partial charge in [0, 0.05) is 5.56 Å². The monoisotopic (exact) mass is 179 g/mol. The highest BCUT2D eigenvalue weighted by Crippen LogP contribution is 2.14. The lowest BCUT2D eigenvalue weighted by Gasteiger charge is -1.88. The molecule has 1 aromatic heterocycles. The van der Waals surface area contributed by atoms with E-state index in [1.165, 1.54) is 0 Å². The van der Waals surface area contributed by atoms with E-state index in [-0.39, 0.29) is 4.87 Å². The molecule has 2 rings (SSSR count). The van der Waals surface area contributed by atoms with E-state index in [1.54, 1.807) is 18.2 Å². The van der Waals surface area contributed by atoms with Gasteiger partial charge in [0.1, 0.15) is 6.29 Å². The average molecular weight is 179 g/mol.